The first kappa shape index (κ1) is 17.2. The summed E-state index contributed by atoms with van der Waals surface area (Å²) in [5.41, 5.74) is -1.72. The summed E-state index contributed by atoms with van der Waals surface area (Å²) in [5, 5.41) is 19.8. The van der Waals surface area contributed by atoms with Gasteiger partial charge in [0, 0.05) is 10.8 Å². The van der Waals surface area contributed by atoms with Crippen molar-refractivity contribution in [3.8, 4) is 0 Å². The number of hydrogen-bond acceptors (Lipinski definition) is 6. The number of ketones is 2. The Morgan fingerprint density at radius 1 is 1.05 bits per heavy atom. The molecular formula is C14H24O6. The summed E-state index contributed by atoms with van der Waals surface area (Å²) < 4.78 is 10.5. The number of carbonyl (C=O) groups is 2. The van der Waals surface area contributed by atoms with Gasteiger partial charge in [-0.25, -0.2) is 0 Å². The van der Waals surface area contributed by atoms with E-state index in [1.54, 1.807) is 41.5 Å². The average molecular weight is 288 g/mol. The van der Waals surface area contributed by atoms with Gasteiger partial charge < -0.3 is 14.9 Å². The molecule has 0 aliphatic carbocycles. The first-order chi connectivity index (χ1) is 8.78. The second-order valence-corrected chi connectivity index (χ2v) is 7.24. The Bertz CT molecular complexity index is 416. The lowest BCUT2D eigenvalue weighted by Gasteiger charge is -2.33. The Morgan fingerprint density at radius 2 is 1.50 bits per heavy atom. The smallest absolute Gasteiger partial charge is 0.256 e. The molecular weight excluding hydrogens is 264 g/mol. The third-order valence-corrected chi connectivity index (χ3v) is 3.11. The van der Waals surface area contributed by atoms with Gasteiger partial charge in [-0.15, -0.1) is 0 Å². The zero-order chi connectivity index (χ0) is 16.0. The molecule has 1 aliphatic rings. The van der Waals surface area contributed by atoms with Gasteiger partial charge in [-0.2, -0.15) is 0 Å². The molecule has 0 amide bonds. The minimum Gasteiger partial charge on any atom is -0.390 e. The molecule has 20 heavy (non-hydrogen) atoms. The fourth-order valence-electron chi connectivity index (χ4n) is 2.08. The van der Waals surface area contributed by atoms with Crippen LogP contribution in [0.2, 0.25) is 0 Å². The molecule has 1 aliphatic heterocycles. The molecule has 1 fully saturated rings. The molecule has 0 bridgehead atoms. The number of ether oxygens (including phenoxy) is 2. The summed E-state index contributed by atoms with van der Waals surface area (Å²) in [7, 11) is 0. The minimum atomic E-state index is -2.22. The van der Waals surface area contributed by atoms with Crippen LogP contribution in [0.4, 0.5) is 0 Å². The number of rotatable bonds is 3. The molecule has 6 heteroatoms. The van der Waals surface area contributed by atoms with Crippen LogP contribution in [0.15, 0.2) is 0 Å². The van der Waals surface area contributed by atoms with E-state index in [9.17, 15) is 19.8 Å². The molecule has 6 nitrogen and oxygen atoms in total. The van der Waals surface area contributed by atoms with E-state index in [0.29, 0.717) is 0 Å². The van der Waals surface area contributed by atoms with Gasteiger partial charge in [0.15, 0.2) is 11.6 Å². The molecule has 2 unspecified atom stereocenters. The van der Waals surface area contributed by atoms with Gasteiger partial charge in [-0.05, 0) is 0 Å². The maximum absolute atomic E-state index is 12.3. The third-order valence-electron chi connectivity index (χ3n) is 3.11. The largest absolute Gasteiger partial charge is 0.390 e. The molecule has 0 aromatic carbocycles. The van der Waals surface area contributed by atoms with Crippen molar-refractivity contribution < 1.29 is 29.3 Å². The van der Waals surface area contributed by atoms with Gasteiger partial charge in [-0.3, -0.25) is 14.3 Å². The van der Waals surface area contributed by atoms with Gasteiger partial charge in [-0.1, -0.05) is 41.5 Å². The summed E-state index contributed by atoms with van der Waals surface area (Å²) in [6.45, 7) is 8.56. The molecule has 0 saturated carbocycles. The minimum absolute atomic E-state index is 0.481. The molecule has 0 aromatic heterocycles. The van der Waals surface area contributed by atoms with Crippen molar-refractivity contribution in [1.82, 2.24) is 0 Å². The molecule has 1 saturated heterocycles. The molecule has 2 N–H and O–H groups in total. The first-order valence-electron chi connectivity index (χ1n) is 6.56. The normalized spacial score (nSPS) is 31.4. The van der Waals surface area contributed by atoms with Crippen LogP contribution >= 0.6 is 0 Å². The fourth-order valence-corrected chi connectivity index (χ4v) is 2.08. The standard InChI is InChI=1S/C14H24O6/c1-11(2,3)9(16)13(18)8-19-14(7-15,20-13)10(17)12(4,5)6/h15,18H,7-8H2,1-6H3. The van der Waals surface area contributed by atoms with Crippen LogP contribution in [0, 0.1) is 10.8 Å². The quantitative estimate of drug-likeness (QED) is 0.791. The van der Waals surface area contributed by atoms with Crippen molar-refractivity contribution in [2.75, 3.05) is 13.2 Å². The molecule has 116 valence electrons. The molecule has 0 radical (unpaired) electrons. The molecule has 1 heterocycles. The second-order valence-electron chi connectivity index (χ2n) is 7.24. The van der Waals surface area contributed by atoms with E-state index in [-0.39, 0.29) is 0 Å². The van der Waals surface area contributed by atoms with Crippen molar-refractivity contribution >= 4 is 11.6 Å². The van der Waals surface area contributed by atoms with Crippen molar-refractivity contribution in [1.29, 1.82) is 0 Å². The van der Waals surface area contributed by atoms with Crippen molar-refractivity contribution in [2.45, 2.75) is 53.1 Å². The predicted octanol–water partition coefficient (Wildman–Crippen LogP) is 0.641. The van der Waals surface area contributed by atoms with Gasteiger partial charge in [0.1, 0.15) is 13.2 Å². The van der Waals surface area contributed by atoms with E-state index in [1.807, 2.05) is 0 Å². The Hall–Kier alpha value is -0.820. The highest BCUT2D eigenvalue weighted by Gasteiger charge is 2.61. The fraction of sp³-hybridized carbons (Fsp3) is 0.857. The van der Waals surface area contributed by atoms with E-state index < -0.39 is 47.2 Å². The second kappa shape index (κ2) is 4.87. The summed E-state index contributed by atoms with van der Waals surface area (Å²) in [6, 6.07) is 0. The number of hydrogen-bond donors (Lipinski definition) is 2. The highest BCUT2D eigenvalue weighted by atomic mass is 16.8. The van der Waals surface area contributed by atoms with Gasteiger partial charge in [0.05, 0.1) is 0 Å². The lowest BCUT2D eigenvalue weighted by atomic mass is 9.85. The average Bonchev–Trinajstić information content (AvgIpc) is 2.65. The maximum Gasteiger partial charge on any atom is 0.256 e. The topological polar surface area (TPSA) is 93.1 Å². The van der Waals surface area contributed by atoms with Crippen LogP contribution in [0.3, 0.4) is 0 Å². The van der Waals surface area contributed by atoms with Gasteiger partial charge >= 0.3 is 0 Å². The van der Waals surface area contributed by atoms with Crippen LogP contribution in [0.25, 0.3) is 0 Å². The first-order valence-corrected chi connectivity index (χ1v) is 6.56. The highest BCUT2D eigenvalue weighted by Crippen LogP contribution is 2.38. The van der Waals surface area contributed by atoms with Crippen LogP contribution < -0.4 is 0 Å². The number of Topliss-reactive ketones (excluding diaryl/α,β-unsaturated/α-hetero) is 2. The van der Waals surface area contributed by atoms with Crippen LogP contribution in [0.1, 0.15) is 41.5 Å². The van der Waals surface area contributed by atoms with Crippen molar-refractivity contribution in [2.24, 2.45) is 10.8 Å². The summed E-state index contributed by atoms with van der Waals surface area (Å²) in [4.78, 5) is 24.6. The zero-order valence-electron chi connectivity index (χ0n) is 12.9. The van der Waals surface area contributed by atoms with Crippen LogP contribution in [0.5, 0.6) is 0 Å². The Kier molecular flexibility index (Phi) is 4.20. The lowest BCUT2D eigenvalue weighted by molar-refractivity contribution is -0.249. The maximum atomic E-state index is 12.3. The Labute approximate surface area is 119 Å². The van der Waals surface area contributed by atoms with E-state index in [1.165, 1.54) is 0 Å². The summed E-state index contributed by atoms with van der Waals surface area (Å²) in [6.07, 6.45) is 0. The van der Waals surface area contributed by atoms with E-state index >= 15 is 0 Å². The number of aliphatic hydroxyl groups excluding tert-OH is 1. The lowest BCUT2D eigenvalue weighted by Crippen LogP contribution is -2.54. The van der Waals surface area contributed by atoms with Crippen LogP contribution in [-0.4, -0.2) is 46.6 Å². The summed E-state index contributed by atoms with van der Waals surface area (Å²) in [5.74, 6) is -5.33. The van der Waals surface area contributed by atoms with Crippen LogP contribution in [-0.2, 0) is 19.1 Å². The Morgan fingerprint density at radius 3 is 1.85 bits per heavy atom. The summed E-state index contributed by atoms with van der Waals surface area (Å²) >= 11 is 0. The predicted molar refractivity (Wildman–Crippen MR) is 70.7 cm³/mol. The molecule has 1 rings (SSSR count). The number of aliphatic hydroxyl groups is 2. The van der Waals surface area contributed by atoms with Crippen molar-refractivity contribution in [3.63, 3.8) is 0 Å². The third kappa shape index (κ3) is 2.93. The molecule has 0 aromatic rings. The SMILES string of the molecule is CC(C)(C)C(=O)C1(O)COC(CO)(C(=O)C(C)(C)C)O1. The van der Waals surface area contributed by atoms with Gasteiger partial charge in [0.25, 0.3) is 11.6 Å². The zero-order valence-corrected chi connectivity index (χ0v) is 12.9. The van der Waals surface area contributed by atoms with Crippen molar-refractivity contribution in [3.05, 3.63) is 0 Å². The Balaban J connectivity index is 3.10. The number of carbonyl (C=O) groups excluding carboxylic acids is 2. The van der Waals surface area contributed by atoms with E-state index in [4.69, 9.17) is 9.47 Å². The monoisotopic (exact) mass is 288 g/mol. The van der Waals surface area contributed by atoms with Gasteiger partial charge in [0.2, 0.25) is 0 Å². The molecule has 0 spiro atoms. The van der Waals surface area contributed by atoms with E-state index in [2.05, 4.69) is 0 Å². The molecule has 2 atom stereocenters. The highest BCUT2D eigenvalue weighted by molar-refractivity contribution is 5.94. The van der Waals surface area contributed by atoms with E-state index in [0.717, 1.165) is 0 Å².